The van der Waals surface area contributed by atoms with E-state index < -0.39 is 12.8 Å². The molecule has 0 fully saturated rings. The quantitative estimate of drug-likeness (QED) is 0.195. The van der Waals surface area contributed by atoms with Gasteiger partial charge >= 0.3 is 0 Å². The number of nitro benzene ring substituents is 1. The highest BCUT2D eigenvalue weighted by molar-refractivity contribution is 7.73. The predicted octanol–water partition coefficient (Wildman–Crippen LogP) is 5.94. The summed E-state index contributed by atoms with van der Waals surface area (Å²) in [6, 6.07) is 27.6. The minimum atomic E-state index is -0.626. The first-order chi connectivity index (χ1) is 15.3. The molecule has 0 atom stereocenters. The van der Waals surface area contributed by atoms with Gasteiger partial charge < -0.3 is 0 Å². The summed E-state index contributed by atoms with van der Waals surface area (Å²) in [4.78, 5) is 10.5. The highest BCUT2D eigenvalue weighted by atomic mass is 31.1. The third-order valence-electron chi connectivity index (χ3n) is 5.13. The first-order valence-corrected chi connectivity index (χ1v) is 12.0. The largest absolute Gasteiger partial charge is 0.269 e. The van der Waals surface area contributed by atoms with Gasteiger partial charge in [-0.15, -0.1) is 0 Å². The van der Waals surface area contributed by atoms with Crippen LogP contribution in [-0.2, 0) is 0 Å². The van der Waals surface area contributed by atoms with Crippen LogP contribution in [0.3, 0.4) is 0 Å². The van der Waals surface area contributed by atoms with Crippen molar-refractivity contribution in [3.8, 4) is 0 Å². The third kappa shape index (κ3) is 6.18. The van der Waals surface area contributed by atoms with Crippen molar-refractivity contribution >= 4 is 35.6 Å². The molecule has 0 heterocycles. The Morgan fingerprint density at radius 3 is 1.78 bits per heavy atom. The summed E-state index contributed by atoms with van der Waals surface area (Å²) in [6.45, 7) is 8.35. The highest BCUT2D eigenvalue weighted by Gasteiger charge is 2.25. The summed E-state index contributed by atoms with van der Waals surface area (Å²) in [6.07, 6.45) is 0.809. The van der Waals surface area contributed by atoms with Crippen LogP contribution in [0.1, 0.15) is 33.3 Å². The van der Waals surface area contributed by atoms with Crippen LogP contribution in [-0.4, -0.2) is 22.5 Å². The zero-order valence-corrected chi connectivity index (χ0v) is 19.8. The first kappa shape index (κ1) is 23.5. The molecule has 0 spiro atoms. The lowest BCUT2D eigenvalue weighted by atomic mass is 9.91. The average molecular weight is 446 g/mol. The topological polar surface area (TPSA) is 67.9 Å². The Hall–Kier alpha value is -3.17. The molecule has 0 unspecified atom stereocenters. The normalized spacial score (nSPS) is 12.8. The van der Waals surface area contributed by atoms with Gasteiger partial charge in [-0.2, -0.15) is 10.2 Å². The van der Waals surface area contributed by atoms with Crippen LogP contribution < -0.4 is 10.6 Å². The first-order valence-electron chi connectivity index (χ1n) is 10.5. The number of non-ortho nitro benzene ring substituents is 1. The van der Waals surface area contributed by atoms with Gasteiger partial charge in [-0.3, -0.25) is 10.1 Å². The second kappa shape index (κ2) is 10.4. The van der Waals surface area contributed by atoms with E-state index in [2.05, 4.69) is 74.4 Å². The molecule has 0 amide bonds. The van der Waals surface area contributed by atoms with Crippen molar-refractivity contribution in [1.82, 2.24) is 0 Å². The Morgan fingerprint density at radius 1 is 0.844 bits per heavy atom. The van der Waals surface area contributed by atoms with Crippen molar-refractivity contribution in [2.75, 3.05) is 6.16 Å². The van der Waals surface area contributed by atoms with Gasteiger partial charge in [0.15, 0.2) is 0 Å². The molecule has 0 N–H and O–H groups in total. The lowest BCUT2D eigenvalue weighted by molar-refractivity contribution is -0.384. The molecule has 0 aliphatic rings. The van der Waals surface area contributed by atoms with E-state index in [1.807, 2.05) is 19.1 Å². The SMILES string of the molecule is C/C(=N\N=C(/CP(c1ccccc1)c1ccccc1)C(C)(C)C)c1ccc([N+](=O)[O-])cc1. The summed E-state index contributed by atoms with van der Waals surface area (Å²) < 4.78 is 0. The molecule has 0 aromatic heterocycles. The standard InChI is InChI=1S/C26H28N3O2P/c1-20(21-15-17-22(18-16-21)29(30)31)27-28-25(26(2,3)4)19-32(23-11-7-5-8-12-23)24-13-9-6-10-14-24/h5-18H,19H2,1-4H3/b27-20+,28-25+. The van der Waals surface area contributed by atoms with Gasteiger partial charge in [0.1, 0.15) is 0 Å². The molecule has 6 heteroatoms. The Kier molecular flexibility index (Phi) is 7.66. The van der Waals surface area contributed by atoms with Crippen molar-refractivity contribution in [3.05, 3.63) is 101 Å². The zero-order valence-electron chi connectivity index (χ0n) is 18.9. The molecule has 164 valence electrons. The number of nitrogens with zero attached hydrogens (tertiary/aromatic N) is 3. The summed E-state index contributed by atoms with van der Waals surface area (Å²) in [5.41, 5.74) is 2.49. The van der Waals surface area contributed by atoms with E-state index in [-0.39, 0.29) is 11.1 Å². The van der Waals surface area contributed by atoms with Crippen LogP contribution in [0.5, 0.6) is 0 Å². The van der Waals surface area contributed by atoms with E-state index in [4.69, 9.17) is 5.10 Å². The number of hydrogen-bond acceptors (Lipinski definition) is 4. The summed E-state index contributed by atoms with van der Waals surface area (Å²) in [5, 5.41) is 22.7. The van der Waals surface area contributed by atoms with Crippen LogP contribution in [0, 0.1) is 15.5 Å². The van der Waals surface area contributed by atoms with Gasteiger partial charge in [-0.05, 0) is 43.2 Å². The Labute approximate surface area is 190 Å². The second-order valence-electron chi connectivity index (χ2n) is 8.54. The minimum Gasteiger partial charge on any atom is -0.258 e. The number of benzene rings is 3. The number of rotatable bonds is 7. The van der Waals surface area contributed by atoms with E-state index in [0.29, 0.717) is 0 Å². The Balaban J connectivity index is 1.95. The summed E-state index contributed by atoms with van der Waals surface area (Å²) in [7, 11) is -0.626. The number of nitro groups is 1. The molecule has 3 aromatic carbocycles. The van der Waals surface area contributed by atoms with E-state index >= 15 is 0 Å². The van der Waals surface area contributed by atoms with E-state index in [0.717, 1.165) is 23.1 Å². The number of hydrogen-bond donors (Lipinski definition) is 0. The smallest absolute Gasteiger partial charge is 0.258 e. The molecule has 0 saturated carbocycles. The van der Waals surface area contributed by atoms with Crippen molar-refractivity contribution < 1.29 is 4.92 Å². The zero-order chi connectivity index (χ0) is 23.1. The van der Waals surface area contributed by atoms with Crippen molar-refractivity contribution in [3.63, 3.8) is 0 Å². The van der Waals surface area contributed by atoms with Gasteiger partial charge in [0, 0.05) is 23.7 Å². The van der Waals surface area contributed by atoms with E-state index in [1.54, 1.807) is 12.1 Å². The molecular weight excluding hydrogens is 417 g/mol. The van der Waals surface area contributed by atoms with Crippen LogP contribution in [0.15, 0.2) is 95.1 Å². The Morgan fingerprint density at radius 2 is 1.34 bits per heavy atom. The van der Waals surface area contributed by atoms with Crippen LogP contribution in [0.4, 0.5) is 5.69 Å². The maximum absolute atomic E-state index is 10.9. The van der Waals surface area contributed by atoms with E-state index in [1.165, 1.54) is 22.7 Å². The fourth-order valence-corrected chi connectivity index (χ4v) is 5.70. The predicted molar refractivity (Wildman–Crippen MR) is 136 cm³/mol. The third-order valence-corrected chi connectivity index (χ3v) is 7.58. The average Bonchev–Trinajstić information content (AvgIpc) is 2.79. The fourth-order valence-electron chi connectivity index (χ4n) is 3.13. The van der Waals surface area contributed by atoms with Gasteiger partial charge in [0.2, 0.25) is 0 Å². The van der Waals surface area contributed by atoms with Crippen molar-refractivity contribution in [2.45, 2.75) is 27.7 Å². The Bertz CT molecular complexity index is 1060. The minimum absolute atomic E-state index is 0.0665. The maximum Gasteiger partial charge on any atom is 0.269 e. The molecule has 3 rings (SSSR count). The lowest BCUT2D eigenvalue weighted by Gasteiger charge is -2.26. The lowest BCUT2D eigenvalue weighted by Crippen LogP contribution is -2.27. The fraction of sp³-hybridized carbons (Fsp3) is 0.231. The maximum atomic E-state index is 10.9. The molecule has 0 saturated heterocycles. The van der Waals surface area contributed by atoms with Gasteiger partial charge in [-0.1, -0.05) is 81.4 Å². The molecule has 5 nitrogen and oxygen atoms in total. The van der Waals surface area contributed by atoms with E-state index in [9.17, 15) is 10.1 Å². The molecule has 3 aromatic rings. The van der Waals surface area contributed by atoms with Crippen LogP contribution in [0.2, 0.25) is 0 Å². The van der Waals surface area contributed by atoms with Crippen LogP contribution in [0.25, 0.3) is 0 Å². The molecule has 0 bridgehead atoms. The summed E-state index contributed by atoms with van der Waals surface area (Å²) >= 11 is 0. The molecule has 32 heavy (non-hydrogen) atoms. The summed E-state index contributed by atoms with van der Waals surface area (Å²) in [5.74, 6) is 0. The second-order valence-corrected chi connectivity index (χ2v) is 10.7. The van der Waals surface area contributed by atoms with Crippen molar-refractivity contribution in [2.24, 2.45) is 15.6 Å². The van der Waals surface area contributed by atoms with Crippen molar-refractivity contribution in [1.29, 1.82) is 0 Å². The molecular formula is C26H28N3O2P. The van der Waals surface area contributed by atoms with Crippen LogP contribution >= 0.6 is 7.92 Å². The van der Waals surface area contributed by atoms with Gasteiger partial charge in [0.05, 0.1) is 16.3 Å². The van der Waals surface area contributed by atoms with Gasteiger partial charge in [0.25, 0.3) is 5.69 Å². The molecule has 0 aliphatic carbocycles. The monoisotopic (exact) mass is 445 g/mol. The van der Waals surface area contributed by atoms with Gasteiger partial charge in [-0.25, -0.2) is 0 Å². The highest BCUT2D eigenvalue weighted by Crippen LogP contribution is 2.36. The molecule has 0 radical (unpaired) electrons. The molecule has 0 aliphatic heterocycles.